The minimum atomic E-state index is -1.53. The normalized spacial score (nSPS) is 22.3. The van der Waals surface area contributed by atoms with E-state index in [9.17, 15) is 9.18 Å². The van der Waals surface area contributed by atoms with Crippen molar-refractivity contribution in [3.63, 3.8) is 0 Å². The molecule has 31 heavy (non-hydrogen) atoms. The van der Waals surface area contributed by atoms with E-state index in [-0.39, 0.29) is 30.4 Å². The summed E-state index contributed by atoms with van der Waals surface area (Å²) in [5.41, 5.74) is 0.698. The maximum Gasteiger partial charge on any atom is 0.253 e. The van der Waals surface area contributed by atoms with Crippen molar-refractivity contribution < 1.29 is 13.6 Å². The molecular formula is C20H26B4ClF2N3O. The van der Waals surface area contributed by atoms with Gasteiger partial charge in [0.25, 0.3) is 5.91 Å². The van der Waals surface area contributed by atoms with Crippen LogP contribution in [0.4, 0.5) is 8.78 Å². The lowest BCUT2D eigenvalue weighted by Gasteiger charge is -2.57. The number of benzene rings is 1. The molecule has 0 bridgehead atoms. The van der Waals surface area contributed by atoms with E-state index in [4.69, 9.17) is 11.6 Å². The standard InChI is InChI=1S/C20H26B4ClF2N3O/c1-12-2-4-14(29-7-12)8-28-10-18(27)9-20(23,24)30(11-19(18,21)22)17(31)13-3-5-16(26)15(25)6-13/h2-7,28H,8-11,21-24H2,1H3. The van der Waals surface area contributed by atoms with Gasteiger partial charge >= 0.3 is 0 Å². The van der Waals surface area contributed by atoms with Crippen LogP contribution in [0.3, 0.4) is 0 Å². The number of aryl methyl sites for hydroxylation is 1. The third kappa shape index (κ3) is 5.01. The highest BCUT2D eigenvalue weighted by atomic mass is 35.5. The van der Waals surface area contributed by atoms with Crippen LogP contribution in [-0.2, 0) is 6.54 Å². The van der Waals surface area contributed by atoms with Crippen LogP contribution in [0.15, 0.2) is 36.5 Å². The predicted octanol–water partition coefficient (Wildman–Crippen LogP) is -0.171. The minimum absolute atomic E-state index is 0.103. The number of amides is 1. The van der Waals surface area contributed by atoms with Gasteiger partial charge in [0.1, 0.15) is 42.9 Å². The first-order chi connectivity index (χ1) is 14.3. The Bertz CT molecular complexity index is 977. The Hall–Kier alpha value is -1.79. The number of piperidine rings is 1. The topological polar surface area (TPSA) is 45.2 Å². The van der Waals surface area contributed by atoms with Crippen molar-refractivity contribution in [3.05, 3.63) is 64.2 Å². The second kappa shape index (κ2) is 8.62. The Balaban J connectivity index is 1.75. The summed E-state index contributed by atoms with van der Waals surface area (Å²) in [5.74, 6) is -0.854. The van der Waals surface area contributed by atoms with Gasteiger partial charge in [-0.1, -0.05) is 17.7 Å². The van der Waals surface area contributed by atoms with Crippen molar-refractivity contribution in [2.45, 2.75) is 36.1 Å². The van der Waals surface area contributed by atoms with Crippen molar-refractivity contribution in [2.24, 2.45) is 0 Å². The molecule has 160 valence electrons. The lowest BCUT2D eigenvalue weighted by Crippen LogP contribution is -2.68. The molecule has 2 aromatic rings. The molecule has 3 rings (SSSR count). The number of nitrogens with zero attached hydrogens (tertiary/aromatic N) is 2. The summed E-state index contributed by atoms with van der Waals surface area (Å²) in [6, 6.07) is 7.83. The SMILES string of the molecule is BC1(B)CC(F)(CNCc2ccc(C)cn2)C(B)(B)CN1C(=O)c1ccc(F)c(Cl)c1. The van der Waals surface area contributed by atoms with Gasteiger partial charge in [0.2, 0.25) is 0 Å². The van der Waals surface area contributed by atoms with Gasteiger partial charge in [0, 0.05) is 31.4 Å². The summed E-state index contributed by atoms with van der Waals surface area (Å²) in [4.78, 5) is 19.2. The molecule has 0 saturated carbocycles. The van der Waals surface area contributed by atoms with Gasteiger partial charge in [-0.05, 0) is 53.7 Å². The van der Waals surface area contributed by atoms with Crippen LogP contribution in [0.2, 0.25) is 10.2 Å². The highest BCUT2D eigenvalue weighted by Crippen LogP contribution is 2.47. The molecule has 0 aliphatic carbocycles. The van der Waals surface area contributed by atoms with Crippen molar-refractivity contribution in [2.75, 3.05) is 13.1 Å². The molecule has 1 N–H and O–H groups in total. The molecule has 0 radical (unpaired) electrons. The van der Waals surface area contributed by atoms with Crippen LogP contribution in [0, 0.1) is 12.7 Å². The molecule has 4 nitrogen and oxygen atoms in total. The summed E-state index contributed by atoms with van der Waals surface area (Å²) in [6.45, 7) is 2.83. The molecule has 1 fully saturated rings. The second-order valence-electron chi connectivity index (χ2n) is 9.79. The summed E-state index contributed by atoms with van der Waals surface area (Å²) >= 11 is 5.87. The zero-order chi connectivity index (χ0) is 23.0. The predicted molar refractivity (Wildman–Crippen MR) is 131 cm³/mol. The highest BCUT2D eigenvalue weighted by molar-refractivity contribution is 6.44. The number of carbonyl (C=O) groups excluding carboxylic acids is 1. The number of halogens is 3. The number of alkyl halides is 1. The Morgan fingerprint density at radius 1 is 1.26 bits per heavy atom. The van der Waals surface area contributed by atoms with E-state index < -0.39 is 22.0 Å². The fraction of sp³-hybridized carbons (Fsp3) is 0.400. The van der Waals surface area contributed by atoms with Gasteiger partial charge < -0.3 is 10.2 Å². The number of aromatic nitrogens is 1. The van der Waals surface area contributed by atoms with Crippen LogP contribution in [0.5, 0.6) is 0 Å². The highest BCUT2D eigenvalue weighted by Gasteiger charge is 2.55. The number of hydrogen-bond acceptors (Lipinski definition) is 3. The maximum atomic E-state index is 16.3. The number of carbonyl (C=O) groups is 1. The number of rotatable bonds is 5. The average Bonchev–Trinajstić information content (AvgIpc) is 2.68. The molecule has 1 unspecified atom stereocenters. The van der Waals surface area contributed by atoms with Gasteiger partial charge in [0.05, 0.1) is 10.7 Å². The van der Waals surface area contributed by atoms with Crippen molar-refractivity contribution in [1.29, 1.82) is 0 Å². The number of nitrogens with one attached hydrogen (secondary N) is 1. The minimum Gasteiger partial charge on any atom is -0.350 e. The Kier molecular flexibility index (Phi) is 6.64. The molecule has 0 spiro atoms. The smallest absolute Gasteiger partial charge is 0.253 e. The van der Waals surface area contributed by atoms with Crippen molar-refractivity contribution in [1.82, 2.24) is 15.2 Å². The third-order valence-corrected chi connectivity index (χ3v) is 6.60. The van der Waals surface area contributed by atoms with E-state index in [0.29, 0.717) is 12.1 Å². The van der Waals surface area contributed by atoms with Gasteiger partial charge in [-0.25, -0.2) is 8.78 Å². The van der Waals surface area contributed by atoms with Crippen LogP contribution < -0.4 is 5.32 Å². The molecule has 1 amide bonds. The summed E-state index contributed by atoms with van der Waals surface area (Å²) in [6.07, 6.45) is 1.96. The number of likely N-dealkylation sites (tertiary alicyclic amines) is 1. The van der Waals surface area contributed by atoms with Gasteiger partial charge in [-0.3, -0.25) is 9.78 Å². The van der Waals surface area contributed by atoms with E-state index in [2.05, 4.69) is 10.3 Å². The van der Waals surface area contributed by atoms with E-state index >= 15 is 4.39 Å². The largest absolute Gasteiger partial charge is 0.350 e. The van der Waals surface area contributed by atoms with Crippen LogP contribution >= 0.6 is 11.6 Å². The molecule has 1 aliphatic heterocycles. The first kappa shape index (κ1) is 23.9. The second-order valence-corrected chi connectivity index (χ2v) is 10.2. The van der Waals surface area contributed by atoms with Crippen LogP contribution in [0.25, 0.3) is 0 Å². The van der Waals surface area contributed by atoms with Crippen LogP contribution in [0.1, 0.15) is 28.0 Å². The van der Waals surface area contributed by atoms with Gasteiger partial charge in [-0.2, -0.15) is 0 Å². The fourth-order valence-electron chi connectivity index (χ4n) is 4.20. The first-order valence-corrected chi connectivity index (χ1v) is 10.8. The summed E-state index contributed by atoms with van der Waals surface area (Å²) in [5, 5.41) is 1.58. The Labute approximate surface area is 191 Å². The van der Waals surface area contributed by atoms with Gasteiger partial charge in [-0.15, -0.1) is 0 Å². The first-order valence-electron chi connectivity index (χ1n) is 10.4. The Morgan fingerprint density at radius 3 is 2.58 bits per heavy atom. The van der Waals surface area contributed by atoms with E-state index in [1.807, 2.05) is 50.4 Å². The summed E-state index contributed by atoms with van der Waals surface area (Å²) in [7, 11) is 7.40. The maximum absolute atomic E-state index is 16.3. The molecule has 1 aromatic heterocycles. The molecule has 11 heteroatoms. The van der Waals surface area contributed by atoms with Crippen LogP contribution in [-0.4, -0.2) is 71.3 Å². The van der Waals surface area contributed by atoms with E-state index in [0.717, 1.165) is 11.3 Å². The lowest BCUT2D eigenvalue weighted by molar-refractivity contribution is 0.0155. The molecule has 1 atom stereocenters. The quantitative estimate of drug-likeness (QED) is 0.656. The zero-order valence-corrected chi connectivity index (χ0v) is 19.5. The zero-order valence-electron chi connectivity index (χ0n) is 18.7. The molecule has 1 saturated heterocycles. The number of hydrogen-bond donors (Lipinski definition) is 1. The molecular weight excluding hydrogens is 415 g/mol. The third-order valence-electron chi connectivity index (χ3n) is 6.31. The molecule has 2 heterocycles. The van der Waals surface area contributed by atoms with Gasteiger partial charge in [0.15, 0.2) is 0 Å². The molecule has 1 aliphatic rings. The fourth-order valence-corrected chi connectivity index (χ4v) is 4.38. The van der Waals surface area contributed by atoms with E-state index in [1.54, 1.807) is 11.1 Å². The van der Waals surface area contributed by atoms with Crippen molar-refractivity contribution >= 4 is 48.9 Å². The van der Waals surface area contributed by atoms with Crippen molar-refractivity contribution in [3.8, 4) is 0 Å². The average molecular weight is 441 g/mol. The number of pyridine rings is 1. The monoisotopic (exact) mass is 441 g/mol. The molecule has 1 aromatic carbocycles. The lowest BCUT2D eigenvalue weighted by atomic mass is 9.39. The Morgan fingerprint density at radius 2 is 1.97 bits per heavy atom. The van der Waals surface area contributed by atoms with E-state index in [1.165, 1.54) is 18.2 Å². The summed E-state index contributed by atoms with van der Waals surface area (Å²) < 4.78 is 29.8.